The van der Waals surface area contributed by atoms with Gasteiger partial charge in [-0.2, -0.15) is 0 Å². The third-order valence-electron chi connectivity index (χ3n) is 6.51. The highest BCUT2D eigenvalue weighted by atomic mass is 19.1. The van der Waals surface area contributed by atoms with E-state index in [1.807, 2.05) is 4.90 Å². The summed E-state index contributed by atoms with van der Waals surface area (Å²) in [5.74, 6) is -0.626. The number of ether oxygens (including phenoxy) is 1. The maximum absolute atomic E-state index is 14.2. The summed E-state index contributed by atoms with van der Waals surface area (Å²) in [7, 11) is 0. The zero-order valence-electron chi connectivity index (χ0n) is 16.9. The van der Waals surface area contributed by atoms with Crippen molar-refractivity contribution < 1.29 is 13.9 Å². The highest BCUT2D eigenvalue weighted by Gasteiger charge is 2.54. The summed E-state index contributed by atoms with van der Waals surface area (Å²) in [5, 5.41) is 0. The predicted octanol–water partition coefficient (Wildman–Crippen LogP) is 2.62. The molecule has 5 nitrogen and oxygen atoms in total. The number of carbonyl (C=O) groups is 1. The van der Waals surface area contributed by atoms with Crippen molar-refractivity contribution in [1.82, 2.24) is 14.7 Å². The van der Waals surface area contributed by atoms with Crippen LogP contribution in [-0.4, -0.2) is 84.7 Å². The molecule has 154 valence electrons. The van der Waals surface area contributed by atoms with Crippen LogP contribution in [0.1, 0.15) is 43.0 Å². The molecule has 0 aliphatic carbocycles. The van der Waals surface area contributed by atoms with Crippen molar-refractivity contribution in [3.8, 4) is 0 Å². The first-order chi connectivity index (χ1) is 13.6. The fraction of sp³-hybridized carbons (Fsp3) is 0.682. The molecule has 1 aromatic carbocycles. The SMILES string of the molecule is CCCCCCN1CC2(C1)CN(C(=O)c1ccccc1F)C[C@@H]1COCCN12. The Balaban J connectivity index is 1.45. The molecule has 4 rings (SSSR count). The molecule has 3 heterocycles. The first-order valence-electron chi connectivity index (χ1n) is 10.7. The molecule has 3 aliphatic rings. The lowest BCUT2D eigenvalue weighted by Crippen LogP contribution is -2.80. The number of hydrogen-bond donors (Lipinski definition) is 0. The molecule has 0 unspecified atom stereocenters. The van der Waals surface area contributed by atoms with Gasteiger partial charge in [0.15, 0.2) is 0 Å². The number of unbranched alkanes of at least 4 members (excludes halogenated alkanes) is 3. The van der Waals surface area contributed by atoms with Crippen molar-refractivity contribution in [2.24, 2.45) is 0 Å². The van der Waals surface area contributed by atoms with Crippen LogP contribution in [-0.2, 0) is 4.74 Å². The van der Waals surface area contributed by atoms with E-state index in [-0.39, 0.29) is 23.1 Å². The number of benzene rings is 1. The zero-order valence-corrected chi connectivity index (χ0v) is 16.9. The topological polar surface area (TPSA) is 36.0 Å². The highest BCUT2D eigenvalue weighted by molar-refractivity contribution is 5.94. The van der Waals surface area contributed by atoms with E-state index >= 15 is 0 Å². The molecule has 1 spiro atoms. The van der Waals surface area contributed by atoms with Gasteiger partial charge in [-0.05, 0) is 25.1 Å². The van der Waals surface area contributed by atoms with E-state index in [0.29, 0.717) is 19.7 Å². The second-order valence-electron chi connectivity index (χ2n) is 8.58. The van der Waals surface area contributed by atoms with Gasteiger partial charge in [-0.3, -0.25) is 14.6 Å². The van der Waals surface area contributed by atoms with Gasteiger partial charge in [0.2, 0.25) is 0 Å². The van der Waals surface area contributed by atoms with Crippen LogP contribution in [0.25, 0.3) is 0 Å². The molecule has 0 bridgehead atoms. The molecule has 28 heavy (non-hydrogen) atoms. The number of carbonyl (C=O) groups excluding carboxylic acids is 1. The minimum absolute atomic E-state index is 0.00162. The van der Waals surface area contributed by atoms with Crippen LogP contribution in [0.5, 0.6) is 0 Å². The lowest BCUT2D eigenvalue weighted by molar-refractivity contribution is -0.158. The Labute approximate surface area is 167 Å². The van der Waals surface area contributed by atoms with Crippen LogP contribution in [0.3, 0.4) is 0 Å². The molecule has 1 aromatic rings. The number of nitrogens with zero attached hydrogens (tertiary/aromatic N) is 3. The Kier molecular flexibility index (Phi) is 5.99. The highest BCUT2D eigenvalue weighted by Crippen LogP contribution is 2.36. The Morgan fingerprint density at radius 1 is 1.21 bits per heavy atom. The Hall–Kier alpha value is -1.50. The summed E-state index contributed by atoms with van der Waals surface area (Å²) < 4.78 is 19.9. The number of halogens is 1. The third kappa shape index (κ3) is 3.82. The van der Waals surface area contributed by atoms with Gasteiger partial charge < -0.3 is 9.64 Å². The average Bonchev–Trinajstić information content (AvgIpc) is 2.69. The number of amides is 1. The summed E-state index contributed by atoms with van der Waals surface area (Å²) in [6, 6.07) is 6.52. The Morgan fingerprint density at radius 2 is 2.04 bits per heavy atom. The van der Waals surface area contributed by atoms with E-state index in [2.05, 4.69) is 16.7 Å². The first-order valence-corrected chi connectivity index (χ1v) is 10.7. The second kappa shape index (κ2) is 8.47. The molecular formula is C22H32FN3O2. The molecular weight excluding hydrogens is 357 g/mol. The number of rotatable bonds is 6. The maximum atomic E-state index is 14.2. The fourth-order valence-electron chi connectivity index (χ4n) is 5.14. The number of likely N-dealkylation sites (tertiary alicyclic amines) is 1. The van der Waals surface area contributed by atoms with Crippen LogP contribution in [0.15, 0.2) is 24.3 Å². The molecule has 6 heteroatoms. The lowest BCUT2D eigenvalue weighted by atomic mass is 9.82. The molecule has 1 atom stereocenters. The second-order valence-corrected chi connectivity index (χ2v) is 8.58. The molecule has 3 fully saturated rings. The summed E-state index contributed by atoms with van der Waals surface area (Å²) in [6.45, 7) is 9.00. The zero-order chi connectivity index (χ0) is 19.6. The normalized spacial score (nSPS) is 24.8. The van der Waals surface area contributed by atoms with E-state index in [9.17, 15) is 9.18 Å². The number of fused-ring (bicyclic) bond motifs is 2. The summed E-state index contributed by atoms with van der Waals surface area (Å²) in [5.41, 5.74) is 0.178. The molecule has 3 aliphatic heterocycles. The quantitative estimate of drug-likeness (QED) is 0.701. The van der Waals surface area contributed by atoms with Gasteiger partial charge in [0.25, 0.3) is 5.91 Å². The largest absolute Gasteiger partial charge is 0.378 e. The lowest BCUT2D eigenvalue weighted by Gasteiger charge is -2.63. The van der Waals surface area contributed by atoms with Gasteiger partial charge in [0.05, 0.1) is 30.4 Å². The molecule has 3 saturated heterocycles. The maximum Gasteiger partial charge on any atom is 0.256 e. The summed E-state index contributed by atoms with van der Waals surface area (Å²) in [4.78, 5) is 20.0. The average molecular weight is 390 g/mol. The standard InChI is InChI=1S/C22H32FN3O2/c1-2-3-4-7-10-24-15-22(16-24)17-25(13-18-14-28-12-11-26(18)22)21(27)19-8-5-6-9-20(19)23/h5-6,8-9,18H,2-4,7,10-17H2,1H3/t18-/m1/s1. The Morgan fingerprint density at radius 3 is 2.82 bits per heavy atom. The summed E-state index contributed by atoms with van der Waals surface area (Å²) >= 11 is 0. The van der Waals surface area contributed by atoms with Crippen LogP contribution in [0.4, 0.5) is 4.39 Å². The first kappa shape index (κ1) is 19.8. The number of morpholine rings is 1. The van der Waals surface area contributed by atoms with Crippen LogP contribution >= 0.6 is 0 Å². The molecule has 0 aromatic heterocycles. The van der Waals surface area contributed by atoms with Crippen molar-refractivity contribution in [2.75, 3.05) is 52.5 Å². The van der Waals surface area contributed by atoms with Crippen LogP contribution in [0.2, 0.25) is 0 Å². The van der Waals surface area contributed by atoms with E-state index in [1.165, 1.54) is 31.7 Å². The molecule has 0 saturated carbocycles. The molecule has 0 N–H and O–H groups in total. The van der Waals surface area contributed by atoms with Crippen molar-refractivity contribution >= 4 is 5.91 Å². The fourth-order valence-corrected chi connectivity index (χ4v) is 5.14. The Bertz CT molecular complexity index is 692. The van der Waals surface area contributed by atoms with Crippen molar-refractivity contribution in [3.63, 3.8) is 0 Å². The van der Waals surface area contributed by atoms with E-state index in [1.54, 1.807) is 18.2 Å². The van der Waals surface area contributed by atoms with Gasteiger partial charge in [-0.1, -0.05) is 38.3 Å². The van der Waals surface area contributed by atoms with Gasteiger partial charge in [0.1, 0.15) is 5.82 Å². The molecule has 1 amide bonds. The van der Waals surface area contributed by atoms with Gasteiger partial charge >= 0.3 is 0 Å². The summed E-state index contributed by atoms with van der Waals surface area (Å²) in [6.07, 6.45) is 5.09. The minimum atomic E-state index is -0.435. The van der Waals surface area contributed by atoms with E-state index in [0.717, 1.165) is 32.8 Å². The van der Waals surface area contributed by atoms with Crippen LogP contribution in [0, 0.1) is 5.82 Å². The van der Waals surface area contributed by atoms with Crippen LogP contribution < -0.4 is 0 Å². The van der Waals surface area contributed by atoms with Gasteiger partial charge in [-0.25, -0.2) is 4.39 Å². The van der Waals surface area contributed by atoms with Gasteiger partial charge in [0, 0.05) is 32.7 Å². The van der Waals surface area contributed by atoms with Gasteiger partial charge in [-0.15, -0.1) is 0 Å². The van der Waals surface area contributed by atoms with E-state index in [4.69, 9.17) is 4.74 Å². The smallest absolute Gasteiger partial charge is 0.256 e. The minimum Gasteiger partial charge on any atom is -0.378 e. The van der Waals surface area contributed by atoms with Crippen molar-refractivity contribution in [1.29, 1.82) is 0 Å². The third-order valence-corrected chi connectivity index (χ3v) is 6.51. The molecule has 0 radical (unpaired) electrons. The predicted molar refractivity (Wildman–Crippen MR) is 107 cm³/mol. The monoisotopic (exact) mass is 389 g/mol. The number of hydrogen-bond acceptors (Lipinski definition) is 4. The van der Waals surface area contributed by atoms with E-state index < -0.39 is 5.82 Å². The van der Waals surface area contributed by atoms with Crippen molar-refractivity contribution in [2.45, 2.75) is 44.2 Å². The van der Waals surface area contributed by atoms with Crippen molar-refractivity contribution in [3.05, 3.63) is 35.6 Å². The number of piperazine rings is 1.